The molecule has 4 N–H and O–H groups in total. The van der Waals surface area contributed by atoms with Crippen LogP contribution in [0.2, 0.25) is 0 Å². The van der Waals surface area contributed by atoms with Gasteiger partial charge in [-0.15, -0.1) is 0 Å². The molecule has 4 aliphatic rings. The molecule has 0 spiro atoms. The number of rotatable bonds is 4. The van der Waals surface area contributed by atoms with Crippen molar-refractivity contribution >= 4 is 29.7 Å². The first-order valence-corrected chi connectivity index (χ1v) is 18.1. The quantitative estimate of drug-likeness (QED) is 0.185. The van der Waals surface area contributed by atoms with Crippen LogP contribution in [-0.4, -0.2) is 102 Å². The summed E-state index contributed by atoms with van der Waals surface area (Å²) in [5.74, 6) is 2.70. The maximum atomic E-state index is 8.56. The number of hydrogen-bond acceptors (Lipinski definition) is 3. The van der Waals surface area contributed by atoms with E-state index in [4.69, 9.17) is 30.0 Å². The van der Waals surface area contributed by atoms with Crippen LogP contribution in [0, 0.1) is 0 Å². The average Bonchev–Trinajstić information content (AvgIpc) is 3.01. The fourth-order valence-corrected chi connectivity index (χ4v) is 6.73. The molecule has 11 nitrogen and oxygen atoms in total. The molecule has 0 radical (unpaired) electrons. The SMILES string of the molecule is CC(C)=NC(=NC1CCCCC1)NC1CCCCC1.CN(C)C(=NC(=NC1CCCCC1)NC1CCCCC1)N(C)C.O=C(O)O. The molecule has 0 heterocycles. The lowest BCUT2D eigenvalue weighted by molar-refractivity contribution is 0.137. The molecule has 0 unspecified atom stereocenters. The Kier molecular flexibility index (Phi) is 19.4. The Labute approximate surface area is 279 Å². The molecule has 0 atom stereocenters. The first kappa shape index (κ1) is 39.3. The highest BCUT2D eigenvalue weighted by Crippen LogP contribution is 2.23. The molecule has 0 bridgehead atoms. The van der Waals surface area contributed by atoms with Gasteiger partial charge in [0.05, 0.1) is 12.1 Å². The van der Waals surface area contributed by atoms with Crippen LogP contribution < -0.4 is 10.6 Å². The molecule has 11 heteroatoms. The van der Waals surface area contributed by atoms with E-state index in [1.807, 2.05) is 28.2 Å². The largest absolute Gasteiger partial charge is 0.503 e. The smallest absolute Gasteiger partial charge is 0.450 e. The van der Waals surface area contributed by atoms with Crippen molar-refractivity contribution in [1.82, 2.24) is 20.4 Å². The fourth-order valence-electron chi connectivity index (χ4n) is 6.73. The predicted octanol–water partition coefficient (Wildman–Crippen LogP) is 7.38. The van der Waals surface area contributed by atoms with Crippen LogP contribution in [0.3, 0.4) is 0 Å². The molecular weight excluding hydrogens is 580 g/mol. The number of carbonyl (C=O) groups is 1. The zero-order valence-electron chi connectivity index (χ0n) is 29.9. The van der Waals surface area contributed by atoms with Crippen LogP contribution in [0.5, 0.6) is 0 Å². The number of aliphatic imine (C=N–C) groups is 4. The van der Waals surface area contributed by atoms with E-state index in [1.165, 1.54) is 128 Å². The van der Waals surface area contributed by atoms with Gasteiger partial charge in [0, 0.05) is 46.0 Å². The van der Waals surface area contributed by atoms with Crippen molar-refractivity contribution in [1.29, 1.82) is 0 Å². The minimum Gasteiger partial charge on any atom is -0.450 e. The highest BCUT2D eigenvalue weighted by atomic mass is 16.6. The van der Waals surface area contributed by atoms with E-state index in [0.717, 1.165) is 23.6 Å². The third-order valence-corrected chi connectivity index (χ3v) is 8.97. The Balaban J connectivity index is 0.000000291. The van der Waals surface area contributed by atoms with Gasteiger partial charge in [-0.25, -0.2) is 19.8 Å². The van der Waals surface area contributed by atoms with Gasteiger partial charge in [-0.1, -0.05) is 77.0 Å². The Morgan fingerprint density at radius 1 is 0.543 bits per heavy atom. The summed E-state index contributed by atoms with van der Waals surface area (Å²) in [7, 11) is 8.16. The minimum absolute atomic E-state index is 0.448. The summed E-state index contributed by atoms with van der Waals surface area (Å²) >= 11 is 0. The highest BCUT2D eigenvalue weighted by molar-refractivity contribution is 5.95. The van der Waals surface area contributed by atoms with Gasteiger partial charge in [0.2, 0.25) is 17.9 Å². The second kappa shape index (κ2) is 22.6. The molecule has 0 aromatic heterocycles. The van der Waals surface area contributed by atoms with E-state index in [0.29, 0.717) is 24.2 Å². The maximum absolute atomic E-state index is 8.56. The van der Waals surface area contributed by atoms with E-state index in [2.05, 4.69) is 39.3 Å². The molecular formula is C35H66N8O3. The van der Waals surface area contributed by atoms with Crippen LogP contribution in [0.1, 0.15) is 142 Å². The van der Waals surface area contributed by atoms with Crippen molar-refractivity contribution in [3.63, 3.8) is 0 Å². The van der Waals surface area contributed by atoms with E-state index < -0.39 is 6.16 Å². The van der Waals surface area contributed by atoms with Gasteiger partial charge >= 0.3 is 6.16 Å². The monoisotopic (exact) mass is 647 g/mol. The van der Waals surface area contributed by atoms with E-state index >= 15 is 0 Å². The molecule has 4 aliphatic carbocycles. The highest BCUT2D eigenvalue weighted by Gasteiger charge is 2.19. The number of guanidine groups is 3. The van der Waals surface area contributed by atoms with Crippen LogP contribution >= 0.6 is 0 Å². The van der Waals surface area contributed by atoms with Crippen LogP contribution in [-0.2, 0) is 0 Å². The normalized spacial score (nSPS) is 20.6. The summed E-state index contributed by atoms with van der Waals surface area (Å²) in [6, 6.07) is 2.09. The predicted molar refractivity (Wildman–Crippen MR) is 193 cm³/mol. The molecule has 0 amide bonds. The van der Waals surface area contributed by atoms with Gasteiger partial charge in [0.15, 0.2) is 0 Å². The van der Waals surface area contributed by atoms with Crippen molar-refractivity contribution in [2.45, 2.75) is 166 Å². The van der Waals surface area contributed by atoms with E-state index in [9.17, 15) is 0 Å². The molecule has 4 fully saturated rings. The van der Waals surface area contributed by atoms with Gasteiger partial charge < -0.3 is 30.6 Å². The van der Waals surface area contributed by atoms with Gasteiger partial charge in [0.1, 0.15) is 0 Å². The lowest BCUT2D eigenvalue weighted by Crippen LogP contribution is -2.41. The van der Waals surface area contributed by atoms with Crippen LogP contribution in [0.4, 0.5) is 4.79 Å². The number of nitrogens with one attached hydrogen (secondary N) is 2. The van der Waals surface area contributed by atoms with Gasteiger partial charge in [0.25, 0.3) is 0 Å². The summed E-state index contributed by atoms with van der Waals surface area (Å²) in [5.41, 5.74) is 1.10. The summed E-state index contributed by atoms with van der Waals surface area (Å²) in [5, 5.41) is 21.2. The zero-order valence-corrected chi connectivity index (χ0v) is 29.9. The summed E-state index contributed by atoms with van der Waals surface area (Å²) in [6.07, 6.45) is 24.3. The number of nitrogens with zero attached hydrogens (tertiary/aromatic N) is 6. The van der Waals surface area contributed by atoms with Crippen molar-refractivity contribution in [3.05, 3.63) is 0 Å². The first-order valence-electron chi connectivity index (χ1n) is 18.1. The lowest BCUT2D eigenvalue weighted by Gasteiger charge is -2.27. The average molecular weight is 647 g/mol. The molecule has 0 aromatic carbocycles. The summed E-state index contributed by atoms with van der Waals surface area (Å²) in [6.45, 7) is 4.11. The standard InChI is InChI=1S/C18H35N5.C16H29N3.CH2O3/c1-22(2)18(23(3)4)21-17(19-15-11-7-5-8-12-15)20-16-13-9-6-10-14-16;1-13(2)17-16(18-14-9-5-3-6-10-14)19-15-11-7-4-8-12-15;2-1(3)4/h15-16H,5-14H2,1-4H3,(H,19,20);14-15H,3-12H2,1-2H3,(H,18,19);(H2,2,3,4). The summed E-state index contributed by atoms with van der Waals surface area (Å²) in [4.78, 5) is 32.0. The topological polar surface area (TPSA) is 138 Å². The Morgan fingerprint density at radius 3 is 1.15 bits per heavy atom. The third-order valence-electron chi connectivity index (χ3n) is 8.97. The second-order valence-corrected chi connectivity index (χ2v) is 14.0. The van der Waals surface area contributed by atoms with Crippen molar-refractivity contribution < 1.29 is 15.0 Å². The molecule has 4 saturated carbocycles. The minimum atomic E-state index is -1.83. The maximum Gasteiger partial charge on any atom is 0.503 e. The summed E-state index contributed by atoms with van der Waals surface area (Å²) < 4.78 is 0. The molecule has 264 valence electrons. The van der Waals surface area contributed by atoms with E-state index in [-0.39, 0.29) is 0 Å². The second-order valence-electron chi connectivity index (χ2n) is 14.0. The van der Waals surface area contributed by atoms with E-state index in [1.54, 1.807) is 0 Å². The molecule has 0 aliphatic heterocycles. The van der Waals surface area contributed by atoms with Gasteiger partial charge in [-0.2, -0.15) is 4.99 Å². The molecule has 0 aromatic rings. The zero-order chi connectivity index (χ0) is 33.7. The van der Waals surface area contributed by atoms with Crippen molar-refractivity contribution in [2.75, 3.05) is 28.2 Å². The fraction of sp³-hybridized carbons (Fsp3) is 0.857. The first-order chi connectivity index (χ1) is 22.0. The van der Waals surface area contributed by atoms with Gasteiger partial charge in [-0.05, 0) is 65.2 Å². The van der Waals surface area contributed by atoms with Gasteiger partial charge in [-0.3, -0.25) is 0 Å². The number of carboxylic acid groups (broad SMARTS) is 2. The Bertz CT molecular complexity index is 952. The molecule has 4 rings (SSSR count). The third kappa shape index (κ3) is 17.7. The van der Waals surface area contributed by atoms with Crippen LogP contribution in [0.25, 0.3) is 0 Å². The lowest BCUT2D eigenvalue weighted by atomic mass is 9.95. The molecule has 46 heavy (non-hydrogen) atoms. The number of hydrogen-bond donors (Lipinski definition) is 4. The van der Waals surface area contributed by atoms with Crippen molar-refractivity contribution in [2.24, 2.45) is 20.0 Å². The Hall–Kier alpha value is -2.85. The molecule has 0 saturated heterocycles. The Morgan fingerprint density at radius 2 is 0.848 bits per heavy atom. The van der Waals surface area contributed by atoms with Crippen molar-refractivity contribution in [3.8, 4) is 0 Å². The van der Waals surface area contributed by atoms with Crippen LogP contribution in [0.15, 0.2) is 20.0 Å².